The van der Waals surface area contributed by atoms with Crippen LogP contribution in [0.1, 0.15) is 24.8 Å². The van der Waals surface area contributed by atoms with Gasteiger partial charge in [0.1, 0.15) is 0 Å². The molecule has 0 aromatic heterocycles. The van der Waals surface area contributed by atoms with Gasteiger partial charge in [0.05, 0.1) is 17.1 Å². The second-order valence-corrected chi connectivity index (χ2v) is 7.43. The van der Waals surface area contributed by atoms with Gasteiger partial charge in [-0.25, -0.2) is 0 Å². The number of rotatable bonds is 9. The Morgan fingerprint density at radius 3 is 2.50 bits per heavy atom. The fourth-order valence-electron chi connectivity index (χ4n) is 3.81. The predicted octanol–water partition coefficient (Wildman–Crippen LogP) is 7.84. The molecule has 2 nitrogen and oxygen atoms in total. The first-order valence-electron chi connectivity index (χ1n) is 10.6. The molecule has 0 unspecified atom stereocenters. The summed E-state index contributed by atoms with van der Waals surface area (Å²) < 4.78 is 0. The SMILES string of the molecule is C=C/C=C\C/C=C\CCCc1ccccc1NN1c2ccc(cc2)-c2ccccc21. The van der Waals surface area contributed by atoms with Gasteiger partial charge in [-0.1, -0.05) is 85.5 Å². The van der Waals surface area contributed by atoms with E-state index < -0.39 is 0 Å². The summed E-state index contributed by atoms with van der Waals surface area (Å²) in [4.78, 5) is 0. The van der Waals surface area contributed by atoms with Crippen LogP contribution in [-0.2, 0) is 6.42 Å². The Kier molecular flexibility index (Phi) is 6.46. The number of fused-ring (bicyclic) bond motifs is 2. The summed E-state index contributed by atoms with van der Waals surface area (Å²) in [6, 6.07) is 25.9. The van der Waals surface area contributed by atoms with E-state index in [1.54, 1.807) is 0 Å². The number of unbranched alkanes of at least 4 members (excludes halogenated alkanes) is 1. The van der Waals surface area contributed by atoms with Crippen molar-refractivity contribution in [3.63, 3.8) is 0 Å². The van der Waals surface area contributed by atoms with E-state index in [4.69, 9.17) is 0 Å². The molecule has 0 fully saturated rings. The van der Waals surface area contributed by atoms with Gasteiger partial charge in [-0.05, 0) is 61.1 Å². The lowest BCUT2D eigenvalue weighted by atomic mass is 10.1. The zero-order valence-corrected chi connectivity index (χ0v) is 17.3. The molecule has 30 heavy (non-hydrogen) atoms. The van der Waals surface area contributed by atoms with Gasteiger partial charge in [0.15, 0.2) is 0 Å². The van der Waals surface area contributed by atoms with Crippen LogP contribution in [0.2, 0.25) is 0 Å². The van der Waals surface area contributed by atoms with E-state index in [-0.39, 0.29) is 0 Å². The Morgan fingerprint density at radius 2 is 1.63 bits per heavy atom. The van der Waals surface area contributed by atoms with Crippen LogP contribution in [0, 0.1) is 0 Å². The monoisotopic (exact) mass is 392 g/mol. The average molecular weight is 393 g/mol. The average Bonchev–Trinajstić information content (AvgIpc) is 3.03. The van der Waals surface area contributed by atoms with Crippen LogP contribution >= 0.6 is 0 Å². The number of nitrogens with zero attached hydrogens (tertiary/aromatic N) is 1. The summed E-state index contributed by atoms with van der Waals surface area (Å²) in [5, 5.41) is 2.20. The van der Waals surface area contributed by atoms with E-state index in [0.717, 1.165) is 37.1 Å². The number of anilines is 3. The molecule has 0 amide bonds. The highest BCUT2D eigenvalue weighted by Gasteiger charge is 2.19. The number of allylic oxidation sites excluding steroid dienone is 5. The van der Waals surface area contributed by atoms with E-state index in [1.807, 2.05) is 12.2 Å². The lowest BCUT2D eigenvalue weighted by Gasteiger charge is -2.27. The third-order valence-electron chi connectivity index (χ3n) is 5.36. The van der Waals surface area contributed by atoms with Crippen LogP contribution in [0.5, 0.6) is 0 Å². The summed E-state index contributed by atoms with van der Waals surface area (Å²) in [7, 11) is 0. The molecular weight excluding hydrogens is 364 g/mol. The van der Waals surface area contributed by atoms with Gasteiger partial charge >= 0.3 is 0 Å². The number of hydrazine groups is 1. The zero-order valence-electron chi connectivity index (χ0n) is 17.3. The van der Waals surface area contributed by atoms with Crippen LogP contribution < -0.4 is 10.4 Å². The van der Waals surface area contributed by atoms with Crippen molar-refractivity contribution in [3.05, 3.63) is 115 Å². The second kappa shape index (κ2) is 9.80. The third kappa shape index (κ3) is 4.55. The first-order chi connectivity index (χ1) is 14.9. The van der Waals surface area contributed by atoms with Crippen molar-refractivity contribution < 1.29 is 0 Å². The van der Waals surface area contributed by atoms with Crippen molar-refractivity contribution >= 4 is 17.1 Å². The summed E-state index contributed by atoms with van der Waals surface area (Å²) in [6.07, 6.45) is 14.7. The maximum Gasteiger partial charge on any atom is 0.0708 e. The van der Waals surface area contributed by atoms with Gasteiger partial charge in [0, 0.05) is 5.56 Å². The molecule has 0 saturated carbocycles. The highest BCUT2D eigenvalue weighted by Crippen LogP contribution is 2.40. The third-order valence-corrected chi connectivity index (χ3v) is 5.36. The summed E-state index contributed by atoms with van der Waals surface area (Å²) >= 11 is 0. The molecule has 1 N–H and O–H groups in total. The Hall–Kier alpha value is -3.52. The molecule has 0 aliphatic carbocycles. The molecule has 0 spiro atoms. The minimum Gasteiger partial charge on any atom is -0.294 e. The van der Waals surface area contributed by atoms with Crippen LogP contribution in [0.25, 0.3) is 11.1 Å². The molecule has 2 aliphatic heterocycles. The number of hydrogen-bond acceptors (Lipinski definition) is 2. The molecule has 5 rings (SSSR count). The topological polar surface area (TPSA) is 15.3 Å². The van der Waals surface area contributed by atoms with E-state index in [9.17, 15) is 0 Å². The molecule has 2 heteroatoms. The van der Waals surface area contributed by atoms with Crippen molar-refractivity contribution in [3.8, 4) is 11.1 Å². The molecule has 0 saturated heterocycles. The number of benzene rings is 3. The zero-order chi connectivity index (χ0) is 20.6. The molecule has 0 atom stereocenters. The minimum absolute atomic E-state index is 0.969. The van der Waals surface area contributed by atoms with Crippen molar-refractivity contribution in [2.45, 2.75) is 25.7 Å². The van der Waals surface area contributed by atoms with E-state index in [0.29, 0.717) is 0 Å². The van der Waals surface area contributed by atoms with Crippen molar-refractivity contribution in [2.24, 2.45) is 0 Å². The first-order valence-corrected chi connectivity index (χ1v) is 10.6. The van der Waals surface area contributed by atoms with E-state index in [2.05, 4.69) is 108 Å². The molecule has 3 aromatic rings. The molecule has 3 aromatic carbocycles. The maximum atomic E-state index is 3.69. The first kappa shape index (κ1) is 19.8. The molecule has 0 radical (unpaired) electrons. The Labute approximate surface area is 179 Å². The van der Waals surface area contributed by atoms with Gasteiger partial charge in [-0.3, -0.25) is 10.4 Å². The van der Waals surface area contributed by atoms with E-state index in [1.165, 1.54) is 22.4 Å². The van der Waals surface area contributed by atoms with Gasteiger partial charge < -0.3 is 0 Å². The highest BCUT2D eigenvalue weighted by molar-refractivity contribution is 5.87. The lowest BCUT2D eigenvalue weighted by Crippen LogP contribution is -2.24. The minimum atomic E-state index is 0.969. The Bertz CT molecular complexity index is 1040. The lowest BCUT2D eigenvalue weighted by molar-refractivity contribution is 0.841. The van der Waals surface area contributed by atoms with Gasteiger partial charge in [0.25, 0.3) is 0 Å². The second-order valence-electron chi connectivity index (χ2n) is 7.43. The molecule has 2 heterocycles. The summed E-state index contributed by atoms with van der Waals surface area (Å²) in [5.41, 5.74) is 11.0. The van der Waals surface area contributed by atoms with Crippen molar-refractivity contribution in [2.75, 3.05) is 10.4 Å². The number of nitrogens with one attached hydrogen (secondary N) is 1. The van der Waals surface area contributed by atoms with Gasteiger partial charge in [-0.2, -0.15) is 0 Å². The smallest absolute Gasteiger partial charge is 0.0708 e. The highest BCUT2D eigenvalue weighted by atomic mass is 15.5. The predicted molar refractivity (Wildman–Crippen MR) is 130 cm³/mol. The van der Waals surface area contributed by atoms with Crippen LogP contribution in [-0.4, -0.2) is 0 Å². The fourth-order valence-corrected chi connectivity index (χ4v) is 3.81. The number of hydrogen-bond donors (Lipinski definition) is 1. The standard InChI is InChI=1S/C28H28N2/c1-2-3-4-5-6-7-8-9-14-24-15-10-12-17-27(24)29-30-25-21-19-23(20-22-25)26-16-11-13-18-28(26)30/h2-4,6-7,10-13,15-22,29H,1,5,8-9,14H2/b4-3-,7-6-. The van der Waals surface area contributed by atoms with Crippen LogP contribution in [0.4, 0.5) is 17.1 Å². The normalized spacial score (nSPS) is 12.3. The Morgan fingerprint density at radius 1 is 0.833 bits per heavy atom. The molecule has 2 bridgehead atoms. The molecule has 2 aliphatic rings. The maximum absolute atomic E-state index is 3.69. The Balaban J connectivity index is 1.46. The quantitative estimate of drug-likeness (QED) is 0.227. The van der Waals surface area contributed by atoms with Crippen LogP contribution in [0.15, 0.2) is 110 Å². The summed E-state index contributed by atoms with van der Waals surface area (Å²) in [6.45, 7) is 3.69. The van der Waals surface area contributed by atoms with Crippen LogP contribution in [0.3, 0.4) is 0 Å². The summed E-state index contributed by atoms with van der Waals surface area (Å²) in [5.74, 6) is 0. The van der Waals surface area contributed by atoms with Crippen molar-refractivity contribution in [1.82, 2.24) is 0 Å². The largest absolute Gasteiger partial charge is 0.294 e. The number of para-hydroxylation sites is 2. The number of aryl methyl sites for hydroxylation is 1. The van der Waals surface area contributed by atoms with E-state index >= 15 is 0 Å². The van der Waals surface area contributed by atoms with Crippen molar-refractivity contribution in [1.29, 1.82) is 0 Å². The molecular formula is C28H28N2. The fraction of sp³-hybridized carbons (Fsp3) is 0.143. The van der Waals surface area contributed by atoms with Gasteiger partial charge in [0.2, 0.25) is 0 Å². The van der Waals surface area contributed by atoms with Gasteiger partial charge in [-0.15, -0.1) is 0 Å². The molecule has 150 valence electrons.